The third-order valence-corrected chi connectivity index (χ3v) is 4.75. The highest BCUT2D eigenvalue weighted by molar-refractivity contribution is 8.00. The third-order valence-electron chi connectivity index (χ3n) is 3.40. The minimum atomic E-state index is -0.467. The Labute approximate surface area is 108 Å². The minimum absolute atomic E-state index is 0.00669. The van der Waals surface area contributed by atoms with E-state index in [1.165, 1.54) is 0 Å². The summed E-state index contributed by atoms with van der Waals surface area (Å²) in [4.78, 5) is 13.6. The monoisotopic (exact) mass is 260 g/mol. The molecule has 17 heavy (non-hydrogen) atoms. The molecule has 1 amide bonds. The summed E-state index contributed by atoms with van der Waals surface area (Å²) in [5, 5.41) is 13.1. The number of aliphatic hydroxyl groups is 1. The second-order valence-corrected chi connectivity index (χ2v) is 6.47. The maximum absolute atomic E-state index is 12.0. The summed E-state index contributed by atoms with van der Waals surface area (Å²) in [5.41, 5.74) is -0.467. The number of nitrogens with one attached hydrogen (secondary N) is 1. The Kier molecular flexibility index (Phi) is 5.76. The van der Waals surface area contributed by atoms with Gasteiger partial charge >= 0.3 is 0 Å². The molecule has 5 heteroatoms. The van der Waals surface area contributed by atoms with Crippen LogP contribution in [0, 0.1) is 0 Å². The zero-order valence-corrected chi connectivity index (χ0v) is 11.8. The molecule has 2 N–H and O–H groups in total. The van der Waals surface area contributed by atoms with E-state index in [9.17, 15) is 9.90 Å². The van der Waals surface area contributed by atoms with E-state index in [0.717, 1.165) is 25.9 Å². The molecule has 0 saturated carbocycles. The largest absolute Gasteiger partial charge is 0.394 e. The topological polar surface area (TPSA) is 52.6 Å². The number of carbonyl (C=O) groups is 1. The Morgan fingerprint density at radius 3 is 2.59 bits per heavy atom. The molecule has 100 valence electrons. The van der Waals surface area contributed by atoms with Gasteiger partial charge in [0.05, 0.1) is 17.9 Å². The maximum Gasteiger partial charge on any atom is 0.232 e. The number of amides is 1. The lowest BCUT2D eigenvalue weighted by Gasteiger charge is -2.34. The molecule has 0 radical (unpaired) electrons. The molecule has 0 bridgehead atoms. The van der Waals surface area contributed by atoms with E-state index >= 15 is 0 Å². The van der Waals surface area contributed by atoms with Crippen molar-refractivity contribution in [2.75, 3.05) is 32.5 Å². The first-order chi connectivity index (χ1) is 7.97. The molecule has 0 aliphatic carbocycles. The summed E-state index contributed by atoms with van der Waals surface area (Å²) in [6, 6.07) is 0. The molecule has 1 rings (SSSR count). The summed E-state index contributed by atoms with van der Waals surface area (Å²) in [7, 11) is 1.77. The fourth-order valence-corrected chi connectivity index (χ4v) is 2.83. The number of carbonyl (C=O) groups excluding carboxylic acids is 1. The van der Waals surface area contributed by atoms with Crippen molar-refractivity contribution in [2.45, 2.75) is 37.5 Å². The second-order valence-electron chi connectivity index (χ2n) is 5.18. The molecule has 0 aromatic rings. The van der Waals surface area contributed by atoms with Gasteiger partial charge in [-0.25, -0.2) is 0 Å². The van der Waals surface area contributed by atoms with Crippen LogP contribution < -0.4 is 5.32 Å². The fraction of sp³-hybridized carbons (Fsp3) is 0.917. The van der Waals surface area contributed by atoms with Gasteiger partial charge in [0.25, 0.3) is 0 Å². The van der Waals surface area contributed by atoms with Gasteiger partial charge < -0.3 is 15.3 Å². The van der Waals surface area contributed by atoms with Gasteiger partial charge in [0.15, 0.2) is 0 Å². The molecule has 0 atom stereocenters. The van der Waals surface area contributed by atoms with Crippen molar-refractivity contribution >= 4 is 17.7 Å². The van der Waals surface area contributed by atoms with Crippen LogP contribution in [0.2, 0.25) is 0 Å². The van der Waals surface area contributed by atoms with Gasteiger partial charge in [-0.3, -0.25) is 4.79 Å². The zero-order chi connectivity index (χ0) is 12.9. The number of aliphatic hydroxyl groups excluding tert-OH is 1. The standard InChI is InChI=1S/C12H24N2O2S/c1-12(2,9-15)14(3)11(16)8-17-10-4-6-13-7-5-10/h10,13,15H,4-9H2,1-3H3. The van der Waals surface area contributed by atoms with E-state index in [1.54, 1.807) is 23.7 Å². The Morgan fingerprint density at radius 2 is 2.06 bits per heavy atom. The van der Waals surface area contributed by atoms with Crippen LogP contribution in [-0.2, 0) is 4.79 Å². The van der Waals surface area contributed by atoms with E-state index in [0.29, 0.717) is 11.0 Å². The summed E-state index contributed by atoms with van der Waals surface area (Å²) < 4.78 is 0. The van der Waals surface area contributed by atoms with Crippen LogP contribution in [0.3, 0.4) is 0 Å². The molecular formula is C12H24N2O2S. The number of piperidine rings is 1. The summed E-state index contributed by atoms with van der Waals surface area (Å²) >= 11 is 1.75. The number of thioether (sulfide) groups is 1. The SMILES string of the molecule is CN(C(=O)CSC1CCNCC1)C(C)(C)CO. The summed E-state index contributed by atoms with van der Waals surface area (Å²) in [5.74, 6) is 0.623. The highest BCUT2D eigenvalue weighted by Gasteiger charge is 2.27. The van der Waals surface area contributed by atoms with Crippen molar-refractivity contribution in [1.82, 2.24) is 10.2 Å². The van der Waals surface area contributed by atoms with Crippen LogP contribution in [0.25, 0.3) is 0 Å². The van der Waals surface area contributed by atoms with Crippen LogP contribution in [-0.4, -0.2) is 59.2 Å². The van der Waals surface area contributed by atoms with Crippen molar-refractivity contribution in [3.05, 3.63) is 0 Å². The Hall–Kier alpha value is -0.260. The van der Waals surface area contributed by atoms with E-state index in [4.69, 9.17) is 0 Å². The second kappa shape index (κ2) is 6.61. The molecule has 1 saturated heterocycles. The quantitative estimate of drug-likeness (QED) is 0.764. The van der Waals surface area contributed by atoms with Crippen LogP contribution in [0.1, 0.15) is 26.7 Å². The number of hydrogen-bond donors (Lipinski definition) is 2. The molecular weight excluding hydrogens is 236 g/mol. The van der Waals surface area contributed by atoms with Crippen molar-refractivity contribution in [3.8, 4) is 0 Å². The third kappa shape index (κ3) is 4.48. The smallest absolute Gasteiger partial charge is 0.232 e. The molecule has 1 heterocycles. The van der Waals surface area contributed by atoms with Crippen LogP contribution >= 0.6 is 11.8 Å². The van der Waals surface area contributed by atoms with E-state index in [1.807, 2.05) is 13.8 Å². The van der Waals surface area contributed by atoms with Crippen molar-refractivity contribution in [2.24, 2.45) is 0 Å². The molecule has 4 nitrogen and oxygen atoms in total. The predicted octanol–water partition coefficient (Wildman–Crippen LogP) is 0.701. The number of nitrogens with zero attached hydrogens (tertiary/aromatic N) is 1. The molecule has 1 aliphatic heterocycles. The highest BCUT2D eigenvalue weighted by atomic mass is 32.2. The lowest BCUT2D eigenvalue weighted by Crippen LogP contribution is -2.48. The maximum atomic E-state index is 12.0. The minimum Gasteiger partial charge on any atom is -0.394 e. The first kappa shape index (κ1) is 14.8. The van der Waals surface area contributed by atoms with Crippen molar-refractivity contribution in [3.63, 3.8) is 0 Å². The van der Waals surface area contributed by atoms with E-state index in [-0.39, 0.29) is 12.5 Å². The van der Waals surface area contributed by atoms with Crippen LogP contribution in [0.4, 0.5) is 0 Å². The van der Waals surface area contributed by atoms with Gasteiger partial charge in [-0.05, 0) is 39.8 Å². The van der Waals surface area contributed by atoms with Crippen molar-refractivity contribution < 1.29 is 9.90 Å². The van der Waals surface area contributed by atoms with Gasteiger partial charge in [-0.1, -0.05) is 0 Å². The first-order valence-corrected chi connectivity index (χ1v) is 7.22. The normalized spacial score (nSPS) is 18.1. The summed E-state index contributed by atoms with van der Waals surface area (Å²) in [6.07, 6.45) is 2.29. The molecule has 1 fully saturated rings. The average Bonchev–Trinajstić information content (AvgIpc) is 2.36. The molecule has 0 aromatic carbocycles. The number of likely N-dealkylation sites (N-methyl/N-ethyl adjacent to an activating group) is 1. The van der Waals surface area contributed by atoms with Crippen LogP contribution in [0.5, 0.6) is 0 Å². The molecule has 0 aromatic heterocycles. The number of hydrogen-bond acceptors (Lipinski definition) is 4. The van der Waals surface area contributed by atoms with Gasteiger partial charge in [0.2, 0.25) is 5.91 Å². The first-order valence-electron chi connectivity index (χ1n) is 6.17. The van der Waals surface area contributed by atoms with Crippen molar-refractivity contribution in [1.29, 1.82) is 0 Å². The summed E-state index contributed by atoms with van der Waals surface area (Å²) in [6.45, 7) is 5.86. The van der Waals surface area contributed by atoms with Crippen LogP contribution in [0.15, 0.2) is 0 Å². The Morgan fingerprint density at radius 1 is 1.47 bits per heavy atom. The Balaban J connectivity index is 2.33. The van der Waals surface area contributed by atoms with E-state index < -0.39 is 5.54 Å². The molecule has 0 spiro atoms. The molecule has 0 unspecified atom stereocenters. The fourth-order valence-electron chi connectivity index (χ4n) is 1.69. The average molecular weight is 260 g/mol. The zero-order valence-electron chi connectivity index (χ0n) is 11.0. The number of rotatable bonds is 5. The highest BCUT2D eigenvalue weighted by Crippen LogP contribution is 2.21. The van der Waals surface area contributed by atoms with E-state index in [2.05, 4.69) is 5.32 Å². The lowest BCUT2D eigenvalue weighted by molar-refractivity contribution is -0.133. The Bertz CT molecular complexity index is 253. The molecule has 1 aliphatic rings. The van der Waals surface area contributed by atoms with Gasteiger partial charge in [-0.15, -0.1) is 11.8 Å². The van der Waals surface area contributed by atoms with Gasteiger partial charge in [-0.2, -0.15) is 0 Å². The van der Waals surface area contributed by atoms with Gasteiger partial charge in [0.1, 0.15) is 0 Å². The van der Waals surface area contributed by atoms with Gasteiger partial charge in [0, 0.05) is 12.3 Å². The lowest BCUT2D eigenvalue weighted by atomic mass is 10.1. The predicted molar refractivity (Wildman–Crippen MR) is 72.3 cm³/mol.